The summed E-state index contributed by atoms with van der Waals surface area (Å²) in [6.07, 6.45) is 0. The second-order valence-electron chi connectivity index (χ2n) is 4.28. The van der Waals surface area contributed by atoms with Crippen molar-refractivity contribution in [2.45, 2.75) is 6.54 Å². The molecule has 1 heterocycles. The number of likely N-dealkylation sites (N-methyl/N-ethyl adjacent to an activating group) is 1. The number of urea groups is 1. The average Bonchev–Trinajstić information content (AvgIpc) is 2.70. The number of nitrogens with zero attached hydrogens (tertiary/aromatic N) is 2. The van der Waals surface area contributed by atoms with E-state index < -0.39 is 0 Å². The molecule has 1 saturated heterocycles. The lowest BCUT2D eigenvalue weighted by molar-refractivity contribution is 0.196. The molecule has 0 radical (unpaired) electrons. The van der Waals surface area contributed by atoms with E-state index in [9.17, 15) is 4.79 Å². The van der Waals surface area contributed by atoms with Gasteiger partial charge in [-0.25, -0.2) is 4.79 Å². The Morgan fingerprint density at radius 1 is 1.22 bits per heavy atom. The molecule has 0 saturated carbocycles. The number of carbonyl (C=O) groups excluding carboxylic acids is 1. The van der Waals surface area contributed by atoms with E-state index in [0.717, 1.165) is 18.7 Å². The van der Waals surface area contributed by atoms with E-state index in [4.69, 9.17) is 9.47 Å². The van der Waals surface area contributed by atoms with Crippen LogP contribution in [0.25, 0.3) is 0 Å². The van der Waals surface area contributed by atoms with Gasteiger partial charge < -0.3 is 19.3 Å². The zero-order chi connectivity index (χ0) is 13.1. The first-order valence-corrected chi connectivity index (χ1v) is 5.87. The number of hydrogen-bond acceptors (Lipinski definition) is 3. The predicted octanol–water partition coefficient (Wildman–Crippen LogP) is 1.57. The molecule has 18 heavy (non-hydrogen) atoms. The molecule has 0 bridgehead atoms. The van der Waals surface area contributed by atoms with Crippen molar-refractivity contribution < 1.29 is 14.3 Å². The highest BCUT2D eigenvalue weighted by Gasteiger charge is 2.26. The number of ether oxygens (including phenoxy) is 2. The minimum absolute atomic E-state index is 0.0554. The fourth-order valence-electron chi connectivity index (χ4n) is 2.13. The van der Waals surface area contributed by atoms with E-state index in [2.05, 4.69) is 0 Å². The van der Waals surface area contributed by atoms with Gasteiger partial charge in [-0.3, -0.25) is 0 Å². The Morgan fingerprint density at radius 2 is 2.00 bits per heavy atom. The van der Waals surface area contributed by atoms with Crippen LogP contribution in [0.5, 0.6) is 11.5 Å². The van der Waals surface area contributed by atoms with Crippen LogP contribution in [-0.2, 0) is 6.54 Å². The highest BCUT2D eigenvalue weighted by molar-refractivity contribution is 5.76. The minimum atomic E-state index is 0.0554. The summed E-state index contributed by atoms with van der Waals surface area (Å²) in [6.45, 7) is 2.06. The van der Waals surface area contributed by atoms with Gasteiger partial charge in [0.25, 0.3) is 0 Å². The standard InChI is InChI=1S/C13H18N2O3/c1-14-7-8-15(13(14)16)9-10-5-4-6-11(17-2)12(10)18-3/h4-6H,7-9H2,1-3H3. The Balaban J connectivity index is 2.21. The summed E-state index contributed by atoms with van der Waals surface area (Å²) in [5.74, 6) is 1.39. The monoisotopic (exact) mass is 250 g/mol. The van der Waals surface area contributed by atoms with E-state index >= 15 is 0 Å². The Morgan fingerprint density at radius 3 is 2.56 bits per heavy atom. The van der Waals surface area contributed by atoms with Gasteiger partial charge in [0.2, 0.25) is 0 Å². The Kier molecular flexibility index (Phi) is 3.60. The molecule has 0 aliphatic carbocycles. The van der Waals surface area contributed by atoms with Crippen LogP contribution in [0.15, 0.2) is 18.2 Å². The lowest BCUT2D eigenvalue weighted by Crippen LogP contribution is -2.29. The van der Waals surface area contributed by atoms with Gasteiger partial charge in [0.15, 0.2) is 11.5 Å². The van der Waals surface area contributed by atoms with Crippen molar-refractivity contribution in [1.82, 2.24) is 9.80 Å². The summed E-state index contributed by atoms with van der Waals surface area (Å²) in [7, 11) is 5.03. The maximum absolute atomic E-state index is 11.8. The summed E-state index contributed by atoms with van der Waals surface area (Å²) >= 11 is 0. The largest absolute Gasteiger partial charge is 0.493 e. The smallest absolute Gasteiger partial charge is 0.320 e. The van der Waals surface area contributed by atoms with Gasteiger partial charge in [0.05, 0.1) is 20.8 Å². The van der Waals surface area contributed by atoms with Gasteiger partial charge in [-0.15, -0.1) is 0 Å². The molecule has 0 N–H and O–H groups in total. The molecule has 2 rings (SSSR count). The quantitative estimate of drug-likeness (QED) is 0.814. The molecule has 98 valence electrons. The number of para-hydroxylation sites is 1. The minimum Gasteiger partial charge on any atom is -0.493 e. The molecule has 0 atom stereocenters. The SMILES string of the molecule is COc1cccc(CN2CCN(C)C2=O)c1OC. The highest BCUT2D eigenvalue weighted by atomic mass is 16.5. The molecular weight excluding hydrogens is 232 g/mol. The molecule has 1 fully saturated rings. The van der Waals surface area contributed by atoms with Crippen molar-refractivity contribution in [1.29, 1.82) is 0 Å². The Hall–Kier alpha value is -1.91. The van der Waals surface area contributed by atoms with Gasteiger partial charge in [0, 0.05) is 25.7 Å². The van der Waals surface area contributed by atoms with E-state index in [1.165, 1.54) is 0 Å². The zero-order valence-corrected chi connectivity index (χ0v) is 11.0. The Labute approximate surface area is 107 Å². The molecule has 5 nitrogen and oxygen atoms in total. The van der Waals surface area contributed by atoms with E-state index in [0.29, 0.717) is 18.0 Å². The summed E-state index contributed by atoms with van der Waals surface area (Å²) in [5, 5.41) is 0. The third-order valence-electron chi connectivity index (χ3n) is 3.15. The average molecular weight is 250 g/mol. The second kappa shape index (κ2) is 5.16. The lowest BCUT2D eigenvalue weighted by Gasteiger charge is -2.18. The van der Waals surface area contributed by atoms with Crippen molar-refractivity contribution in [3.05, 3.63) is 23.8 Å². The fourth-order valence-corrected chi connectivity index (χ4v) is 2.13. The normalized spacial score (nSPS) is 15.2. The molecule has 5 heteroatoms. The number of benzene rings is 1. The third-order valence-corrected chi connectivity index (χ3v) is 3.15. The highest BCUT2D eigenvalue weighted by Crippen LogP contribution is 2.31. The fraction of sp³-hybridized carbons (Fsp3) is 0.462. The van der Waals surface area contributed by atoms with Crippen LogP contribution in [-0.4, -0.2) is 50.2 Å². The van der Waals surface area contributed by atoms with Crippen LogP contribution in [0, 0.1) is 0 Å². The first kappa shape index (κ1) is 12.5. The molecular formula is C13H18N2O3. The molecule has 1 aliphatic heterocycles. The van der Waals surface area contributed by atoms with Crippen LogP contribution >= 0.6 is 0 Å². The van der Waals surface area contributed by atoms with Crippen molar-refractivity contribution in [3.8, 4) is 11.5 Å². The third kappa shape index (κ3) is 2.20. The van der Waals surface area contributed by atoms with Gasteiger partial charge in [-0.1, -0.05) is 12.1 Å². The Bertz CT molecular complexity index is 448. The topological polar surface area (TPSA) is 42.0 Å². The van der Waals surface area contributed by atoms with Gasteiger partial charge in [-0.05, 0) is 6.07 Å². The van der Waals surface area contributed by atoms with Crippen LogP contribution in [0.4, 0.5) is 4.79 Å². The number of amides is 2. The van der Waals surface area contributed by atoms with E-state index in [1.807, 2.05) is 25.2 Å². The molecule has 1 aromatic rings. The maximum Gasteiger partial charge on any atom is 0.320 e. The lowest BCUT2D eigenvalue weighted by atomic mass is 10.1. The molecule has 1 aromatic carbocycles. The van der Waals surface area contributed by atoms with Crippen LogP contribution in [0.3, 0.4) is 0 Å². The summed E-state index contributed by atoms with van der Waals surface area (Å²) in [5.41, 5.74) is 0.959. The van der Waals surface area contributed by atoms with E-state index in [1.54, 1.807) is 24.0 Å². The first-order valence-electron chi connectivity index (χ1n) is 5.87. The molecule has 2 amide bonds. The van der Waals surface area contributed by atoms with Gasteiger partial charge >= 0.3 is 6.03 Å². The predicted molar refractivity (Wildman–Crippen MR) is 68.0 cm³/mol. The number of methoxy groups -OCH3 is 2. The number of rotatable bonds is 4. The van der Waals surface area contributed by atoms with E-state index in [-0.39, 0.29) is 6.03 Å². The first-order chi connectivity index (χ1) is 8.67. The van der Waals surface area contributed by atoms with Crippen molar-refractivity contribution in [2.24, 2.45) is 0 Å². The van der Waals surface area contributed by atoms with Gasteiger partial charge in [-0.2, -0.15) is 0 Å². The summed E-state index contributed by atoms with van der Waals surface area (Å²) in [6, 6.07) is 5.76. The van der Waals surface area contributed by atoms with Crippen molar-refractivity contribution in [2.75, 3.05) is 34.4 Å². The summed E-state index contributed by atoms with van der Waals surface area (Å²) < 4.78 is 10.6. The molecule has 0 unspecified atom stereocenters. The summed E-state index contributed by atoms with van der Waals surface area (Å²) in [4.78, 5) is 15.4. The van der Waals surface area contributed by atoms with Crippen LogP contribution in [0.2, 0.25) is 0 Å². The van der Waals surface area contributed by atoms with Crippen molar-refractivity contribution >= 4 is 6.03 Å². The second-order valence-corrected chi connectivity index (χ2v) is 4.28. The number of hydrogen-bond donors (Lipinski definition) is 0. The van der Waals surface area contributed by atoms with Gasteiger partial charge in [0.1, 0.15) is 0 Å². The van der Waals surface area contributed by atoms with Crippen molar-refractivity contribution in [3.63, 3.8) is 0 Å². The number of carbonyl (C=O) groups is 1. The molecule has 1 aliphatic rings. The molecule has 0 aromatic heterocycles. The maximum atomic E-state index is 11.8. The zero-order valence-electron chi connectivity index (χ0n) is 11.0. The molecule has 0 spiro atoms. The van der Waals surface area contributed by atoms with Crippen LogP contribution < -0.4 is 9.47 Å². The van der Waals surface area contributed by atoms with Crippen LogP contribution in [0.1, 0.15) is 5.56 Å².